The second-order valence-electron chi connectivity index (χ2n) is 4.65. The van der Waals surface area contributed by atoms with E-state index in [1.807, 2.05) is 18.2 Å². The number of aliphatic hydroxyl groups excluding tert-OH is 1. The maximum absolute atomic E-state index is 9.82. The summed E-state index contributed by atoms with van der Waals surface area (Å²) in [6.45, 7) is 0.558. The van der Waals surface area contributed by atoms with Crippen molar-refractivity contribution in [2.75, 3.05) is 13.7 Å². The van der Waals surface area contributed by atoms with Crippen LogP contribution in [0.5, 0.6) is 0 Å². The minimum absolute atomic E-state index is 0.0254. The highest BCUT2D eigenvalue weighted by molar-refractivity contribution is 5.15. The van der Waals surface area contributed by atoms with Gasteiger partial charge in [0, 0.05) is 13.5 Å². The molecule has 1 fully saturated rings. The first kappa shape index (κ1) is 12.6. The fourth-order valence-electron chi connectivity index (χ4n) is 2.39. The zero-order chi connectivity index (χ0) is 12.1. The predicted molar refractivity (Wildman–Crippen MR) is 65.9 cm³/mol. The zero-order valence-electron chi connectivity index (χ0n) is 10.2. The van der Waals surface area contributed by atoms with Crippen molar-refractivity contribution in [1.29, 1.82) is 0 Å². The summed E-state index contributed by atoms with van der Waals surface area (Å²) in [7, 11) is 1.66. The molecule has 0 unspecified atom stereocenters. The predicted octanol–water partition coefficient (Wildman–Crippen LogP) is 1.78. The Hall–Kier alpha value is -0.900. The largest absolute Gasteiger partial charge is 0.393 e. The molecule has 0 aliphatic carbocycles. The number of methoxy groups -OCH3 is 1. The Kier molecular flexibility index (Phi) is 4.54. The van der Waals surface area contributed by atoms with Crippen molar-refractivity contribution < 1.29 is 14.6 Å². The highest BCUT2D eigenvalue weighted by Gasteiger charge is 2.28. The van der Waals surface area contributed by atoms with Gasteiger partial charge in [-0.3, -0.25) is 0 Å². The van der Waals surface area contributed by atoms with Gasteiger partial charge in [0.2, 0.25) is 0 Å². The molecule has 1 saturated heterocycles. The first-order valence-electron chi connectivity index (χ1n) is 6.14. The van der Waals surface area contributed by atoms with E-state index < -0.39 is 0 Å². The summed E-state index contributed by atoms with van der Waals surface area (Å²) in [4.78, 5) is 0. The fourth-order valence-corrected chi connectivity index (χ4v) is 2.39. The molecular formula is C14H20O3. The second kappa shape index (κ2) is 6.15. The van der Waals surface area contributed by atoms with Gasteiger partial charge in [0.05, 0.1) is 24.9 Å². The van der Waals surface area contributed by atoms with E-state index in [1.165, 1.54) is 5.56 Å². The van der Waals surface area contributed by atoms with Gasteiger partial charge in [-0.15, -0.1) is 0 Å². The van der Waals surface area contributed by atoms with Gasteiger partial charge in [-0.05, 0) is 18.4 Å². The van der Waals surface area contributed by atoms with E-state index in [9.17, 15) is 5.11 Å². The SMILES string of the molecule is COC[C@H]1C[C@@H](O)C[C@H](Cc2ccccc2)O1. The first-order valence-corrected chi connectivity index (χ1v) is 6.14. The van der Waals surface area contributed by atoms with E-state index in [0.717, 1.165) is 12.8 Å². The lowest BCUT2D eigenvalue weighted by Crippen LogP contribution is -2.38. The Morgan fingerprint density at radius 3 is 2.65 bits per heavy atom. The highest BCUT2D eigenvalue weighted by Crippen LogP contribution is 2.22. The average molecular weight is 236 g/mol. The summed E-state index contributed by atoms with van der Waals surface area (Å²) < 4.78 is 11.0. The summed E-state index contributed by atoms with van der Waals surface area (Å²) in [6, 6.07) is 10.3. The van der Waals surface area contributed by atoms with Crippen LogP contribution >= 0.6 is 0 Å². The van der Waals surface area contributed by atoms with Crippen molar-refractivity contribution in [3.8, 4) is 0 Å². The van der Waals surface area contributed by atoms with Crippen LogP contribution in [0.15, 0.2) is 30.3 Å². The molecule has 3 heteroatoms. The number of ether oxygens (including phenoxy) is 2. The van der Waals surface area contributed by atoms with Crippen LogP contribution in [0, 0.1) is 0 Å². The van der Waals surface area contributed by atoms with E-state index >= 15 is 0 Å². The van der Waals surface area contributed by atoms with Crippen LogP contribution in [0.25, 0.3) is 0 Å². The molecule has 0 aromatic heterocycles. The molecule has 94 valence electrons. The van der Waals surface area contributed by atoms with Crippen LogP contribution < -0.4 is 0 Å². The normalized spacial score (nSPS) is 29.2. The number of benzene rings is 1. The maximum Gasteiger partial charge on any atom is 0.0836 e. The van der Waals surface area contributed by atoms with Crippen molar-refractivity contribution in [1.82, 2.24) is 0 Å². The third-order valence-corrected chi connectivity index (χ3v) is 3.11. The van der Waals surface area contributed by atoms with E-state index in [0.29, 0.717) is 13.0 Å². The topological polar surface area (TPSA) is 38.7 Å². The summed E-state index contributed by atoms with van der Waals surface area (Å²) in [6.07, 6.45) is 2.11. The van der Waals surface area contributed by atoms with Crippen molar-refractivity contribution in [2.24, 2.45) is 0 Å². The van der Waals surface area contributed by atoms with E-state index in [2.05, 4.69) is 12.1 Å². The lowest BCUT2D eigenvalue weighted by molar-refractivity contribution is -0.115. The quantitative estimate of drug-likeness (QED) is 0.866. The molecule has 3 atom stereocenters. The zero-order valence-corrected chi connectivity index (χ0v) is 10.2. The van der Waals surface area contributed by atoms with E-state index in [-0.39, 0.29) is 18.3 Å². The van der Waals surface area contributed by atoms with Gasteiger partial charge in [0.25, 0.3) is 0 Å². The second-order valence-corrected chi connectivity index (χ2v) is 4.65. The number of hydrogen-bond acceptors (Lipinski definition) is 3. The van der Waals surface area contributed by atoms with Crippen LogP contribution in [-0.4, -0.2) is 37.1 Å². The van der Waals surface area contributed by atoms with Crippen molar-refractivity contribution >= 4 is 0 Å². The molecule has 1 aromatic carbocycles. The minimum atomic E-state index is -0.266. The minimum Gasteiger partial charge on any atom is -0.393 e. The van der Waals surface area contributed by atoms with E-state index in [1.54, 1.807) is 7.11 Å². The number of hydrogen-bond donors (Lipinski definition) is 1. The molecule has 1 aliphatic rings. The van der Waals surface area contributed by atoms with Crippen molar-refractivity contribution in [3.63, 3.8) is 0 Å². The standard InChI is InChI=1S/C14H20O3/c1-16-10-14-9-12(15)8-13(17-14)7-11-5-3-2-4-6-11/h2-6,12-15H,7-10H2,1H3/t12-,13-,14+/m0/s1. The average Bonchev–Trinajstić information content (AvgIpc) is 2.30. The van der Waals surface area contributed by atoms with Crippen LogP contribution in [-0.2, 0) is 15.9 Å². The molecule has 0 amide bonds. The fraction of sp³-hybridized carbons (Fsp3) is 0.571. The Bertz CT molecular complexity index is 325. The molecule has 3 nitrogen and oxygen atoms in total. The summed E-state index contributed by atoms with van der Waals surface area (Å²) in [5.41, 5.74) is 1.25. The molecule has 1 aliphatic heterocycles. The lowest BCUT2D eigenvalue weighted by atomic mass is 9.96. The molecule has 17 heavy (non-hydrogen) atoms. The molecule has 0 spiro atoms. The van der Waals surface area contributed by atoms with Crippen LogP contribution in [0.2, 0.25) is 0 Å². The molecule has 1 N–H and O–H groups in total. The molecule has 2 rings (SSSR count). The van der Waals surface area contributed by atoms with Crippen molar-refractivity contribution in [3.05, 3.63) is 35.9 Å². The molecule has 0 radical (unpaired) electrons. The summed E-state index contributed by atoms with van der Waals surface area (Å²) in [5, 5.41) is 9.82. The van der Waals surface area contributed by atoms with Crippen molar-refractivity contribution in [2.45, 2.75) is 37.6 Å². The van der Waals surface area contributed by atoms with Crippen LogP contribution in [0.3, 0.4) is 0 Å². The van der Waals surface area contributed by atoms with Gasteiger partial charge in [0.1, 0.15) is 0 Å². The first-order chi connectivity index (χ1) is 8.28. The number of rotatable bonds is 4. The van der Waals surface area contributed by atoms with Crippen LogP contribution in [0.1, 0.15) is 18.4 Å². The van der Waals surface area contributed by atoms with Gasteiger partial charge in [-0.25, -0.2) is 0 Å². The Morgan fingerprint density at radius 2 is 1.94 bits per heavy atom. The van der Waals surface area contributed by atoms with Crippen LogP contribution in [0.4, 0.5) is 0 Å². The van der Waals surface area contributed by atoms with E-state index in [4.69, 9.17) is 9.47 Å². The third kappa shape index (κ3) is 3.80. The number of aliphatic hydroxyl groups is 1. The smallest absolute Gasteiger partial charge is 0.0836 e. The third-order valence-electron chi connectivity index (χ3n) is 3.11. The molecule has 1 aromatic rings. The Balaban J connectivity index is 1.92. The Labute approximate surface area is 102 Å². The Morgan fingerprint density at radius 1 is 1.24 bits per heavy atom. The monoisotopic (exact) mass is 236 g/mol. The summed E-state index contributed by atoms with van der Waals surface area (Å²) in [5.74, 6) is 0. The molecular weight excluding hydrogens is 216 g/mol. The van der Waals surface area contributed by atoms with Gasteiger partial charge >= 0.3 is 0 Å². The van der Waals surface area contributed by atoms with Gasteiger partial charge in [-0.1, -0.05) is 30.3 Å². The molecule has 0 saturated carbocycles. The van der Waals surface area contributed by atoms with Gasteiger partial charge in [-0.2, -0.15) is 0 Å². The van der Waals surface area contributed by atoms with Gasteiger partial charge in [0.15, 0.2) is 0 Å². The summed E-state index contributed by atoms with van der Waals surface area (Å²) >= 11 is 0. The maximum atomic E-state index is 9.82. The lowest BCUT2D eigenvalue weighted by Gasteiger charge is -2.33. The van der Waals surface area contributed by atoms with Gasteiger partial charge < -0.3 is 14.6 Å². The highest BCUT2D eigenvalue weighted by atomic mass is 16.5. The molecule has 1 heterocycles. The molecule has 0 bridgehead atoms.